The van der Waals surface area contributed by atoms with Gasteiger partial charge in [0.05, 0.1) is 5.69 Å². The van der Waals surface area contributed by atoms with E-state index in [1.165, 1.54) is 28.8 Å². The van der Waals surface area contributed by atoms with Crippen molar-refractivity contribution >= 4 is 17.2 Å². The Morgan fingerprint density at radius 1 is 1.16 bits per heavy atom. The van der Waals surface area contributed by atoms with Crippen LogP contribution in [-0.4, -0.2) is 52.1 Å². The van der Waals surface area contributed by atoms with E-state index in [0.717, 1.165) is 51.3 Å². The Labute approximate surface area is 152 Å². The Morgan fingerprint density at radius 3 is 2.72 bits per heavy atom. The average Bonchev–Trinajstić information content (AvgIpc) is 3.06. The first-order valence-corrected chi connectivity index (χ1v) is 9.99. The molecule has 2 aliphatic rings. The number of aromatic nitrogens is 2. The van der Waals surface area contributed by atoms with Crippen LogP contribution in [0.1, 0.15) is 45.0 Å². The van der Waals surface area contributed by atoms with Crippen molar-refractivity contribution in [2.24, 2.45) is 0 Å². The van der Waals surface area contributed by atoms with Crippen LogP contribution in [0.25, 0.3) is 0 Å². The summed E-state index contributed by atoms with van der Waals surface area (Å²) in [7, 11) is 0. The lowest BCUT2D eigenvalue weighted by Crippen LogP contribution is -2.48. The SMILES string of the molecule is Cc1ccsc1CN1CCN(C(=O)c2cc3c(nn2)CCCC3)CC1. The van der Waals surface area contributed by atoms with Gasteiger partial charge in [-0.1, -0.05) is 0 Å². The number of rotatable bonds is 3. The Morgan fingerprint density at radius 2 is 1.96 bits per heavy atom. The fourth-order valence-corrected chi connectivity index (χ4v) is 4.58. The first kappa shape index (κ1) is 16.7. The topological polar surface area (TPSA) is 49.3 Å². The van der Waals surface area contributed by atoms with Gasteiger partial charge in [-0.05, 0) is 61.2 Å². The van der Waals surface area contributed by atoms with Gasteiger partial charge in [-0.3, -0.25) is 9.69 Å². The van der Waals surface area contributed by atoms with Gasteiger partial charge in [-0.25, -0.2) is 0 Å². The highest BCUT2D eigenvalue weighted by atomic mass is 32.1. The van der Waals surface area contributed by atoms with Crippen LogP contribution in [0.4, 0.5) is 0 Å². The van der Waals surface area contributed by atoms with Crippen molar-refractivity contribution in [2.75, 3.05) is 26.2 Å². The number of fused-ring (bicyclic) bond motifs is 1. The van der Waals surface area contributed by atoms with Gasteiger partial charge in [-0.2, -0.15) is 5.10 Å². The molecule has 132 valence electrons. The molecule has 1 fully saturated rings. The van der Waals surface area contributed by atoms with Crippen molar-refractivity contribution in [3.05, 3.63) is 44.9 Å². The number of carbonyl (C=O) groups excluding carboxylic acids is 1. The number of piperazine rings is 1. The van der Waals surface area contributed by atoms with Crippen molar-refractivity contribution in [1.29, 1.82) is 0 Å². The van der Waals surface area contributed by atoms with Gasteiger partial charge in [0, 0.05) is 37.6 Å². The molecule has 1 aliphatic heterocycles. The molecule has 0 unspecified atom stereocenters. The van der Waals surface area contributed by atoms with E-state index in [2.05, 4.69) is 33.5 Å². The molecule has 1 saturated heterocycles. The normalized spacial score (nSPS) is 18.2. The highest BCUT2D eigenvalue weighted by molar-refractivity contribution is 7.10. The maximum absolute atomic E-state index is 12.8. The van der Waals surface area contributed by atoms with Crippen LogP contribution >= 0.6 is 11.3 Å². The van der Waals surface area contributed by atoms with Crippen LogP contribution in [0.2, 0.25) is 0 Å². The zero-order chi connectivity index (χ0) is 17.2. The van der Waals surface area contributed by atoms with Gasteiger partial charge in [0.15, 0.2) is 5.69 Å². The Bertz CT molecular complexity index is 765. The molecule has 6 heteroatoms. The van der Waals surface area contributed by atoms with Crippen molar-refractivity contribution in [1.82, 2.24) is 20.0 Å². The third-order valence-corrected chi connectivity index (χ3v) is 6.29. The molecule has 2 aromatic heterocycles. The Hall–Kier alpha value is -1.79. The van der Waals surface area contributed by atoms with E-state index in [1.54, 1.807) is 0 Å². The van der Waals surface area contributed by atoms with E-state index in [0.29, 0.717) is 5.69 Å². The van der Waals surface area contributed by atoms with Gasteiger partial charge < -0.3 is 4.90 Å². The summed E-state index contributed by atoms with van der Waals surface area (Å²) < 4.78 is 0. The predicted molar refractivity (Wildman–Crippen MR) is 98.9 cm³/mol. The molecule has 1 amide bonds. The molecule has 5 nitrogen and oxygen atoms in total. The standard InChI is InChI=1S/C19H24N4OS/c1-14-6-11-25-18(14)13-22-7-9-23(10-8-22)19(24)17-12-15-4-2-3-5-16(15)20-21-17/h6,11-12H,2-5,7-10,13H2,1H3. The summed E-state index contributed by atoms with van der Waals surface area (Å²) in [6.45, 7) is 6.53. The van der Waals surface area contributed by atoms with Crippen LogP contribution < -0.4 is 0 Å². The largest absolute Gasteiger partial charge is 0.335 e. The fourth-order valence-electron chi connectivity index (χ4n) is 3.64. The van der Waals surface area contributed by atoms with Crippen molar-refractivity contribution in [3.63, 3.8) is 0 Å². The van der Waals surface area contributed by atoms with Crippen LogP contribution in [0.5, 0.6) is 0 Å². The number of carbonyl (C=O) groups is 1. The Kier molecular flexibility index (Phi) is 4.81. The number of amides is 1. The molecule has 3 heterocycles. The summed E-state index contributed by atoms with van der Waals surface area (Å²) in [5.74, 6) is 0.0350. The van der Waals surface area contributed by atoms with Gasteiger partial charge in [0.2, 0.25) is 0 Å². The van der Waals surface area contributed by atoms with Gasteiger partial charge in [0.1, 0.15) is 0 Å². The van der Waals surface area contributed by atoms with Crippen molar-refractivity contribution < 1.29 is 4.79 Å². The number of aryl methyl sites for hydroxylation is 3. The summed E-state index contributed by atoms with van der Waals surface area (Å²) in [6, 6.07) is 4.15. The molecule has 0 radical (unpaired) electrons. The number of hydrogen-bond acceptors (Lipinski definition) is 5. The lowest BCUT2D eigenvalue weighted by molar-refractivity contribution is 0.0622. The van der Waals surface area contributed by atoms with E-state index < -0.39 is 0 Å². The van der Waals surface area contributed by atoms with E-state index in [9.17, 15) is 4.79 Å². The van der Waals surface area contributed by atoms with Crippen molar-refractivity contribution in [2.45, 2.75) is 39.2 Å². The maximum atomic E-state index is 12.8. The molecule has 1 aliphatic carbocycles. The minimum absolute atomic E-state index is 0.0350. The second kappa shape index (κ2) is 7.22. The summed E-state index contributed by atoms with van der Waals surface area (Å²) in [5, 5.41) is 10.7. The van der Waals surface area contributed by atoms with Crippen LogP contribution in [0.3, 0.4) is 0 Å². The average molecular weight is 356 g/mol. The second-order valence-electron chi connectivity index (χ2n) is 7.00. The highest BCUT2D eigenvalue weighted by Gasteiger charge is 2.25. The number of nitrogens with zero attached hydrogens (tertiary/aromatic N) is 4. The van der Waals surface area contributed by atoms with Crippen LogP contribution in [0, 0.1) is 6.92 Å². The predicted octanol–water partition coefficient (Wildman–Crippen LogP) is 2.68. The fraction of sp³-hybridized carbons (Fsp3) is 0.526. The molecular weight excluding hydrogens is 332 g/mol. The summed E-state index contributed by atoms with van der Waals surface area (Å²) in [6.07, 6.45) is 4.39. The maximum Gasteiger partial charge on any atom is 0.274 e. The van der Waals surface area contributed by atoms with E-state index >= 15 is 0 Å². The summed E-state index contributed by atoms with van der Waals surface area (Å²) >= 11 is 1.82. The third-order valence-electron chi connectivity index (χ3n) is 5.28. The summed E-state index contributed by atoms with van der Waals surface area (Å²) in [4.78, 5) is 18.6. The monoisotopic (exact) mass is 356 g/mol. The van der Waals surface area contributed by atoms with E-state index in [4.69, 9.17) is 0 Å². The first-order chi connectivity index (χ1) is 12.2. The minimum atomic E-state index is 0.0350. The molecule has 0 bridgehead atoms. The van der Waals surface area contributed by atoms with E-state index in [-0.39, 0.29) is 5.91 Å². The van der Waals surface area contributed by atoms with E-state index in [1.807, 2.05) is 22.3 Å². The molecule has 2 aromatic rings. The molecule has 0 aromatic carbocycles. The quantitative estimate of drug-likeness (QED) is 0.848. The first-order valence-electron chi connectivity index (χ1n) is 9.11. The van der Waals surface area contributed by atoms with Crippen molar-refractivity contribution in [3.8, 4) is 0 Å². The second-order valence-corrected chi connectivity index (χ2v) is 8.00. The number of thiophene rings is 1. The smallest absolute Gasteiger partial charge is 0.274 e. The third kappa shape index (κ3) is 3.60. The molecular formula is C19H24N4OS. The number of hydrogen-bond donors (Lipinski definition) is 0. The van der Waals surface area contributed by atoms with Gasteiger partial charge >= 0.3 is 0 Å². The highest BCUT2D eigenvalue weighted by Crippen LogP contribution is 2.21. The summed E-state index contributed by atoms with van der Waals surface area (Å²) in [5.41, 5.74) is 4.19. The van der Waals surface area contributed by atoms with Gasteiger partial charge in [0.25, 0.3) is 5.91 Å². The molecule has 4 rings (SSSR count). The van der Waals surface area contributed by atoms with Gasteiger partial charge in [-0.15, -0.1) is 16.4 Å². The molecule has 25 heavy (non-hydrogen) atoms. The zero-order valence-corrected chi connectivity index (χ0v) is 15.5. The molecule has 0 saturated carbocycles. The lowest BCUT2D eigenvalue weighted by Gasteiger charge is -2.34. The lowest BCUT2D eigenvalue weighted by atomic mass is 9.96. The molecule has 0 spiro atoms. The van der Waals surface area contributed by atoms with Crippen LogP contribution in [-0.2, 0) is 19.4 Å². The Balaban J connectivity index is 1.37. The minimum Gasteiger partial charge on any atom is -0.335 e. The van der Waals surface area contributed by atoms with Crippen LogP contribution in [0.15, 0.2) is 17.5 Å². The molecule has 0 N–H and O–H groups in total. The zero-order valence-electron chi connectivity index (χ0n) is 14.7. The molecule has 0 atom stereocenters.